The molecule has 0 saturated heterocycles. The second-order valence-corrected chi connectivity index (χ2v) is 6.76. The van der Waals surface area contributed by atoms with Crippen LogP contribution < -0.4 is 20.1 Å². The molecule has 0 atom stereocenters. The van der Waals surface area contributed by atoms with Crippen molar-refractivity contribution in [2.24, 2.45) is 0 Å². The van der Waals surface area contributed by atoms with E-state index in [0.717, 1.165) is 22.2 Å². The van der Waals surface area contributed by atoms with Crippen molar-refractivity contribution in [3.05, 3.63) is 78.9 Å². The van der Waals surface area contributed by atoms with Gasteiger partial charge in [0.05, 0.1) is 31.6 Å². The molecule has 0 aliphatic heterocycles. The molecule has 160 valence electrons. The fraction of sp³-hybridized carbons (Fsp3) is 0.0833. The molecular formula is C24H21N5O3. The molecule has 2 aromatic heterocycles. The Morgan fingerprint density at radius 2 is 1.75 bits per heavy atom. The highest BCUT2D eigenvalue weighted by molar-refractivity contribution is 6.01. The minimum absolute atomic E-state index is 0.225. The minimum atomic E-state index is -0.225. The Bertz CT molecular complexity index is 1260. The molecule has 1 amide bonds. The third-order valence-corrected chi connectivity index (χ3v) is 4.67. The molecule has 0 saturated carbocycles. The van der Waals surface area contributed by atoms with Gasteiger partial charge < -0.3 is 20.1 Å². The summed E-state index contributed by atoms with van der Waals surface area (Å²) in [5.74, 6) is 1.63. The normalized spacial score (nSPS) is 10.8. The van der Waals surface area contributed by atoms with Crippen LogP contribution in [-0.4, -0.2) is 35.1 Å². The number of rotatable bonds is 7. The van der Waals surface area contributed by atoms with Crippen LogP contribution in [0.2, 0.25) is 0 Å². The first-order valence-corrected chi connectivity index (χ1v) is 9.79. The van der Waals surface area contributed by atoms with Crippen LogP contribution in [0.25, 0.3) is 17.0 Å². The van der Waals surface area contributed by atoms with Crippen molar-refractivity contribution in [2.75, 3.05) is 24.9 Å². The summed E-state index contributed by atoms with van der Waals surface area (Å²) in [5, 5.41) is 6.87. The zero-order valence-corrected chi connectivity index (χ0v) is 17.6. The van der Waals surface area contributed by atoms with Gasteiger partial charge in [-0.25, -0.2) is 9.97 Å². The number of aromatic nitrogens is 3. The third kappa shape index (κ3) is 4.81. The van der Waals surface area contributed by atoms with Crippen molar-refractivity contribution < 1.29 is 14.3 Å². The Hall–Kier alpha value is -4.46. The molecule has 0 bridgehead atoms. The molecule has 4 aromatic rings. The van der Waals surface area contributed by atoms with Gasteiger partial charge in [-0.3, -0.25) is 9.78 Å². The molecule has 8 heteroatoms. The molecule has 4 rings (SSSR count). The number of fused-ring (bicyclic) bond motifs is 1. The monoisotopic (exact) mass is 427 g/mol. The number of carbonyl (C=O) groups is 1. The van der Waals surface area contributed by atoms with Gasteiger partial charge in [0, 0.05) is 29.4 Å². The van der Waals surface area contributed by atoms with Crippen LogP contribution in [0, 0.1) is 0 Å². The molecule has 32 heavy (non-hydrogen) atoms. The summed E-state index contributed by atoms with van der Waals surface area (Å²) in [6.07, 6.45) is 7.96. The molecule has 8 nitrogen and oxygen atoms in total. The number of nitrogens with one attached hydrogen (secondary N) is 2. The van der Waals surface area contributed by atoms with Crippen molar-refractivity contribution in [3.63, 3.8) is 0 Å². The number of methoxy groups -OCH3 is 2. The van der Waals surface area contributed by atoms with E-state index in [1.165, 1.54) is 12.4 Å². The van der Waals surface area contributed by atoms with Gasteiger partial charge >= 0.3 is 0 Å². The molecule has 2 N–H and O–H groups in total. The van der Waals surface area contributed by atoms with Gasteiger partial charge in [0.1, 0.15) is 12.1 Å². The minimum Gasteiger partial charge on any atom is -0.493 e. The van der Waals surface area contributed by atoms with Gasteiger partial charge in [0.2, 0.25) is 5.91 Å². The van der Waals surface area contributed by atoms with Crippen LogP contribution in [0.1, 0.15) is 5.56 Å². The van der Waals surface area contributed by atoms with Gasteiger partial charge in [-0.05, 0) is 42.0 Å². The maximum absolute atomic E-state index is 12.0. The summed E-state index contributed by atoms with van der Waals surface area (Å²) in [5.41, 5.74) is 3.11. The highest BCUT2D eigenvalue weighted by atomic mass is 16.5. The third-order valence-electron chi connectivity index (χ3n) is 4.67. The van der Waals surface area contributed by atoms with E-state index in [1.807, 2.05) is 36.4 Å². The molecular weight excluding hydrogens is 406 g/mol. The Labute approximate surface area is 185 Å². The van der Waals surface area contributed by atoms with Crippen LogP contribution >= 0.6 is 0 Å². The molecule has 0 radical (unpaired) electrons. The van der Waals surface area contributed by atoms with Crippen molar-refractivity contribution in [1.82, 2.24) is 15.0 Å². The van der Waals surface area contributed by atoms with Crippen molar-refractivity contribution in [3.8, 4) is 11.5 Å². The highest BCUT2D eigenvalue weighted by Crippen LogP contribution is 2.34. The first kappa shape index (κ1) is 20.8. The smallest absolute Gasteiger partial charge is 0.248 e. The van der Waals surface area contributed by atoms with Crippen LogP contribution in [0.4, 0.5) is 17.2 Å². The van der Waals surface area contributed by atoms with E-state index in [-0.39, 0.29) is 5.91 Å². The summed E-state index contributed by atoms with van der Waals surface area (Å²) in [6, 6.07) is 14.8. The first-order chi connectivity index (χ1) is 15.7. The number of anilines is 3. The van der Waals surface area contributed by atoms with Crippen LogP contribution in [0.5, 0.6) is 11.5 Å². The summed E-state index contributed by atoms with van der Waals surface area (Å²) >= 11 is 0. The Morgan fingerprint density at radius 1 is 0.969 bits per heavy atom. The standard InChI is InChI=1S/C24H21N5O3/c1-31-21-12-19-20(13-22(21)32-2)26-15-27-24(19)29-17-8-5-16(6-9-17)7-10-23(30)28-18-4-3-11-25-14-18/h3-15H,1-2H3,(H,28,30)(H,26,27,29). The lowest BCUT2D eigenvalue weighted by molar-refractivity contribution is -0.111. The average Bonchev–Trinajstić information content (AvgIpc) is 2.83. The highest BCUT2D eigenvalue weighted by Gasteiger charge is 2.11. The molecule has 0 fully saturated rings. The maximum Gasteiger partial charge on any atom is 0.248 e. The second kappa shape index (κ2) is 9.57. The molecule has 0 spiro atoms. The topological polar surface area (TPSA) is 98.3 Å². The maximum atomic E-state index is 12.0. The van der Waals surface area contributed by atoms with Crippen LogP contribution in [-0.2, 0) is 4.79 Å². The van der Waals surface area contributed by atoms with Gasteiger partial charge in [-0.15, -0.1) is 0 Å². The SMILES string of the molecule is COc1cc2ncnc(Nc3ccc(C=CC(=O)Nc4cccnc4)cc3)c2cc1OC. The largest absolute Gasteiger partial charge is 0.493 e. The fourth-order valence-corrected chi connectivity index (χ4v) is 3.09. The quantitative estimate of drug-likeness (QED) is 0.421. The van der Waals surface area contributed by atoms with E-state index in [4.69, 9.17) is 9.47 Å². The summed E-state index contributed by atoms with van der Waals surface area (Å²) in [6.45, 7) is 0. The molecule has 2 heterocycles. The van der Waals surface area contributed by atoms with E-state index in [9.17, 15) is 4.79 Å². The Morgan fingerprint density at radius 3 is 2.47 bits per heavy atom. The first-order valence-electron chi connectivity index (χ1n) is 9.79. The van der Waals surface area contributed by atoms with Crippen LogP contribution in [0.3, 0.4) is 0 Å². The molecule has 2 aromatic carbocycles. The Balaban J connectivity index is 1.48. The lowest BCUT2D eigenvalue weighted by atomic mass is 10.1. The summed E-state index contributed by atoms with van der Waals surface area (Å²) < 4.78 is 10.7. The number of carbonyl (C=O) groups excluding carboxylic acids is 1. The van der Waals surface area contributed by atoms with Gasteiger partial charge in [-0.2, -0.15) is 0 Å². The molecule has 0 aliphatic rings. The van der Waals surface area contributed by atoms with Crippen LogP contribution in [0.15, 0.2) is 73.3 Å². The number of hydrogen-bond acceptors (Lipinski definition) is 7. The predicted octanol–water partition coefficient (Wildman–Crippen LogP) is 4.44. The summed E-state index contributed by atoms with van der Waals surface area (Å²) in [4.78, 5) is 24.7. The summed E-state index contributed by atoms with van der Waals surface area (Å²) in [7, 11) is 3.17. The zero-order chi connectivity index (χ0) is 22.3. The number of benzene rings is 2. The molecule has 0 unspecified atom stereocenters. The van der Waals surface area contributed by atoms with Crippen molar-refractivity contribution >= 4 is 40.1 Å². The number of ether oxygens (including phenoxy) is 2. The number of pyridine rings is 1. The number of nitrogens with zero attached hydrogens (tertiary/aromatic N) is 3. The average molecular weight is 427 g/mol. The van der Waals surface area contributed by atoms with Gasteiger partial charge in [0.25, 0.3) is 0 Å². The van der Waals surface area contributed by atoms with E-state index in [1.54, 1.807) is 44.8 Å². The number of hydrogen-bond donors (Lipinski definition) is 2. The van der Waals surface area contributed by atoms with E-state index in [2.05, 4.69) is 25.6 Å². The zero-order valence-electron chi connectivity index (χ0n) is 17.6. The van der Waals surface area contributed by atoms with Crippen molar-refractivity contribution in [2.45, 2.75) is 0 Å². The lowest BCUT2D eigenvalue weighted by Crippen LogP contribution is -2.07. The predicted molar refractivity (Wildman–Crippen MR) is 124 cm³/mol. The molecule has 0 aliphatic carbocycles. The lowest BCUT2D eigenvalue weighted by Gasteiger charge is -2.12. The fourth-order valence-electron chi connectivity index (χ4n) is 3.09. The Kier molecular flexibility index (Phi) is 6.22. The number of amides is 1. The van der Waals surface area contributed by atoms with Crippen molar-refractivity contribution in [1.29, 1.82) is 0 Å². The van der Waals surface area contributed by atoms with Gasteiger partial charge in [0.15, 0.2) is 11.5 Å². The van der Waals surface area contributed by atoms with E-state index in [0.29, 0.717) is 23.0 Å². The van der Waals surface area contributed by atoms with E-state index < -0.39 is 0 Å². The van der Waals surface area contributed by atoms with Gasteiger partial charge in [-0.1, -0.05) is 12.1 Å². The second-order valence-electron chi connectivity index (χ2n) is 6.76. The van der Waals surface area contributed by atoms with E-state index >= 15 is 0 Å².